The Kier molecular flexibility index (Phi) is 7.52. The van der Waals surface area contributed by atoms with E-state index >= 15 is 0 Å². The Bertz CT molecular complexity index is 1570. The Hall–Kier alpha value is -4.03. The molecule has 0 radical (unpaired) electrons. The number of rotatable bonds is 10. The van der Waals surface area contributed by atoms with Gasteiger partial charge in [0.1, 0.15) is 5.65 Å². The van der Waals surface area contributed by atoms with E-state index in [4.69, 9.17) is 14.5 Å². The highest BCUT2D eigenvalue weighted by Gasteiger charge is 2.19. The van der Waals surface area contributed by atoms with Crippen molar-refractivity contribution in [1.29, 1.82) is 0 Å². The van der Waals surface area contributed by atoms with Crippen LogP contribution < -0.4 is 20.1 Å². The smallest absolute Gasteiger partial charge is 0.160 e. The number of pyridine rings is 1. The van der Waals surface area contributed by atoms with Crippen molar-refractivity contribution < 1.29 is 9.47 Å². The van der Waals surface area contributed by atoms with Crippen LogP contribution in [-0.2, 0) is 6.42 Å². The second-order valence-corrected chi connectivity index (χ2v) is 9.72. The minimum atomic E-state index is 0.756. The average molecular weight is 509 g/mol. The zero-order valence-corrected chi connectivity index (χ0v) is 22.9. The van der Waals surface area contributed by atoms with Crippen LogP contribution in [0, 0.1) is 20.8 Å². The monoisotopic (exact) mass is 508 g/mol. The second-order valence-electron chi connectivity index (χ2n) is 9.72. The molecule has 2 N–H and O–H groups in total. The van der Waals surface area contributed by atoms with Crippen LogP contribution >= 0.6 is 0 Å². The summed E-state index contributed by atoms with van der Waals surface area (Å²) in [5, 5.41) is 9.63. The van der Waals surface area contributed by atoms with E-state index in [0.717, 1.165) is 54.6 Å². The van der Waals surface area contributed by atoms with E-state index < -0.39 is 0 Å². The van der Waals surface area contributed by atoms with Crippen LogP contribution in [0.15, 0.2) is 66.7 Å². The molecule has 5 aromatic rings. The Morgan fingerprint density at radius 2 is 1.55 bits per heavy atom. The van der Waals surface area contributed by atoms with E-state index in [2.05, 4.69) is 90.6 Å². The van der Waals surface area contributed by atoms with Crippen molar-refractivity contribution in [2.24, 2.45) is 0 Å². The van der Waals surface area contributed by atoms with Gasteiger partial charge >= 0.3 is 0 Å². The van der Waals surface area contributed by atoms with E-state index in [1.807, 2.05) is 12.1 Å². The number of nitrogens with one attached hydrogen (secondary N) is 2. The third kappa shape index (κ3) is 4.92. The topological polar surface area (TPSA) is 60.3 Å². The number of para-hydroxylation sites is 2. The summed E-state index contributed by atoms with van der Waals surface area (Å²) in [5.41, 5.74) is 9.19. The lowest BCUT2D eigenvalue weighted by Gasteiger charge is -2.14. The second kappa shape index (κ2) is 11.2. The van der Waals surface area contributed by atoms with Gasteiger partial charge in [-0.2, -0.15) is 0 Å². The fourth-order valence-corrected chi connectivity index (χ4v) is 5.28. The highest BCUT2D eigenvalue weighted by Crippen LogP contribution is 2.37. The van der Waals surface area contributed by atoms with E-state index in [1.54, 1.807) is 14.2 Å². The molecule has 196 valence electrons. The van der Waals surface area contributed by atoms with Gasteiger partial charge < -0.3 is 20.1 Å². The molecule has 0 saturated heterocycles. The van der Waals surface area contributed by atoms with Crippen LogP contribution in [0.4, 0.5) is 5.69 Å². The molecule has 2 aromatic heterocycles. The lowest BCUT2D eigenvalue weighted by Crippen LogP contribution is -2.24. The molecule has 0 unspecified atom stereocenters. The molecule has 0 amide bonds. The van der Waals surface area contributed by atoms with E-state index in [1.165, 1.54) is 38.7 Å². The van der Waals surface area contributed by atoms with Crippen LogP contribution in [0.5, 0.6) is 11.5 Å². The number of aryl methyl sites for hydroxylation is 3. The third-order valence-corrected chi connectivity index (χ3v) is 7.07. The molecule has 5 rings (SSSR count). The number of nitrogens with zero attached hydrogens (tertiary/aromatic N) is 2. The van der Waals surface area contributed by atoms with Crippen molar-refractivity contribution in [3.63, 3.8) is 0 Å². The zero-order valence-electron chi connectivity index (χ0n) is 22.9. The van der Waals surface area contributed by atoms with Gasteiger partial charge in [-0.15, -0.1) is 0 Å². The zero-order chi connectivity index (χ0) is 26.6. The minimum absolute atomic E-state index is 0.756. The third-order valence-electron chi connectivity index (χ3n) is 7.07. The first-order chi connectivity index (χ1) is 18.5. The molecule has 0 aliphatic carbocycles. The first-order valence-corrected chi connectivity index (χ1v) is 13.1. The number of fused-ring (bicyclic) bond motifs is 3. The SMILES string of the molecule is COc1ccc(CCNCCNc2cc(C)nc3c2c2ccccc2n3-c2c(C)cccc2C)cc1OC. The number of hydrogen-bond donors (Lipinski definition) is 2. The standard InChI is InChI=1S/C32H36N4O2/c1-21-9-8-10-22(2)31(21)36-27-12-7-6-11-25(27)30-26(19-23(3)35-32(30)36)34-18-17-33-16-15-24-13-14-28(37-4)29(20-24)38-5/h6-14,19-20,33H,15-18H2,1-5H3,(H,34,35). The normalized spacial score (nSPS) is 11.3. The molecular weight excluding hydrogens is 472 g/mol. The summed E-state index contributed by atoms with van der Waals surface area (Å²) in [7, 11) is 3.33. The summed E-state index contributed by atoms with van der Waals surface area (Å²) in [6, 6.07) is 23.3. The van der Waals surface area contributed by atoms with Gasteiger partial charge in [-0.3, -0.25) is 4.57 Å². The first kappa shape index (κ1) is 25.6. The van der Waals surface area contributed by atoms with Crippen LogP contribution in [0.25, 0.3) is 27.6 Å². The number of methoxy groups -OCH3 is 2. The molecule has 6 heteroatoms. The minimum Gasteiger partial charge on any atom is -0.493 e. The molecule has 0 aliphatic rings. The predicted molar refractivity (Wildman–Crippen MR) is 157 cm³/mol. The Morgan fingerprint density at radius 3 is 2.32 bits per heavy atom. The average Bonchev–Trinajstić information content (AvgIpc) is 3.24. The van der Waals surface area contributed by atoms with Gasteiger partial charge in [-0.05, 0) is 74.7 Å². The molecule has 0 saturated carbocycles. The Balaban J connectivity index is 1.35. The molecular formula is C32H36N4O2. The number of aromatic nitrogens is 2. The predicted octanol–water partition coefficient (Wildman–Crippen LogP) is 6.37. The van der Waals surface area contributed by atoms with Gasteiger partial charge in [0.25, 0.3) is 0 Å². The van der Waals surface area contributed by atoms with Crippen molar-refractivity contribution in [3.05, 3.63) is 89.1 Å². The quantitative estimate of drug-likeness (QED) is 0.215. The van der Waals surface area contributed by atoms with Crippen molar-refractivity contribution >= 4 is 27.6 Å². The summed E-state index contributed by atoms with van der Waals surface area (Å²) in [5.74, 6) is 1.52. The van der Waals surface area contributed by atoms with E-state index in [9.17, 15) is 0 Å². The largest absolute Gasteiger partial charge is 0.493 e. The molecule has 38 heavy (non-hydrogen) atoms. The fourth-order valence-electron chi connectivity index (χ4n) is 5.28. The van der Waals surface area contributed by atoms with Gasteiger partial charge in [0.2, 0.25) is 0 Å². The summed E-state index contributed by atoms with van der Waals surface area (Å²) in [4.78, 5) is 5.04. The van der Waals surface area contributed by atoms with E-state index in [-0.39, 0.29) is 0 Å². The summed E-state index contributed by atoms with van der Waals surface area (Å²) >= 11 is 0. The summed E-state index contributed by atoms with van der Waals surface area (Å²) in [6.07, 6.45) is 0.919. The summed E-state index contributed by atoms with van der Waals surface area (Å²) < 4.78 is 13.1. The lowest BCUT2D eigenvalue weighted by molar-refractivity contribution is 0.354. The Labute approximate surface area is 224 Å². The van der Waals surface area contributed by atoms with Gasteiger partial charge in [0, 0.05) is 29.9 Å². The van der Waals surface area contributed by atoms with Crippen LogP contribution in [-0.4, -0.2) is 43.4 Å². The molecule has 0 bridgehead atoms. The first-order valence-electron chi connectivity index (χ1n) is 13.1. The van der Waals surface area contributed by atoms with E-state index in [0.29, 0.717) is 0 Å². The summed E-state index contributed by atoms with van der Waals surface area (Å²) in [6.45, 7) is 8.96. The number of ether oxygens (including phenoxy) is 2. The molecule has 0 fully saturated rings. The lowest BCUT2D eigenvalue weighted by atomic mass is 10.1. The van der Waals surface area contributed by atoms with Crippen molar-refractivity contribution in [1.82, 2.24) is 14.9 Å². The molecule has 3 aromatic carbocycles. The van der Waals surface area contributed by atoms with Crippen molar-refractivity contribution in [2.45, 2.75) is 27.2 Å². The molecule has 0 spiro atoms. The van der Waals surface area contributed by atoms with Gasteiger partial charge in [-0.25, -0.2) is 4.98 Å². The van der Waals surface area contributed by atoms with Crippen molar-refractivity contribution in [2.75, 3.05) is 39.2 Å². The maximum Gasteiger partial charge on any atom is 0.160 e. The maximum atomic E-state index is 5.43. The molecule has 0 aliphatic heterocycles. The maximum absolute atomic E-state index is 5.43. The molecule has 0 atom stereocenters. The van der Waals surface area contributed by atoms with Crippen LogP contribution in [0.1, 0.15) is 22.4 Å². The number of benzene rings is 3. The van der Waals surface area contributed by atoms with Crippen molar-refractivity contribution in [3.8, 4) is 17.2 Å². The highest BCUT2D eigenvalue weighted by molar-refractivity contribution is 6.13. The fraction of sp³-hybridized carbons (Fsp3) is 0.281. The highest BCUT2D eigenvalue weighted by atomic mass is 16.5. The molecule has 2 heterocycles. The molecule has 6 nitrogen and oxygen atoms in total. The number of anilines is 1. The van der Waals surface area contributed by atoms with Gasteiger partial charge in [-0.1, -0.05) is 42.5 Å². The van der Waals surface area contributed by atoms with Gasteiger partial charge in [0.05, 0.1) is 30.8 Å². The van der Waals surface area contributed by atoms with Crippen LogP contribution in [0.2, 0.25) is 0 Å². The van der Waals surface area contributed by atoms with Crippen LogP contribution in [0.3, 0.4) is 0 Å². The Morgan fingerprint density at radius 1 is 0.789 bits per heavy atom. The van der Waals surface area contributed by atoms with Gasteiger partial charge in [0.15, 0.2) is 11.5 Å². The number of hydrogen-bond acceptors (Lipinski definition) is 5.